The first-order chi connectivity index (χ1) is 5.77. The quantitative estimate of drug-likeness (QED) is 0.549. The summed E-state index contributed by atoms with van der Waals surface area (Å²) in [5, 5.41) is 0. The molecule has 0 radical (unpaired) electrons. The molecule has 1 heteroatoms. The molecule has 0 bridgehead atoms. The van der Waals surface area contributed by atoms with Gasteiger partial charge in [-0.25, -0.2) is 0 Å². The fourth-order valence-electron chi connectivity index (χ4n) is 0.256. The molecule has 0 aliphatic heterocycles. The number of hydrogen-bond donors (Lipinski definition) is 0. The van der Waals surface area contributed by atoms with Gasteiger partial charge in [-0.05, 0) is 19.9 Å². The molecule has 0 aromatic rings. The largest absolute Gasteiger partial charge is 0.262 e. The van der Waals surface area contributed by atoms with E-state index in [1.807, 2.05) is 53.7 Å². The molecule has 0 aromatic carbocycles. The highest BCUT2D eigenvalue weighted by atomic mass is 14.7. The van der Waals surface area contributed by atoms with Crippen LogP contribution in [0.3, 0.4) is 0 Å². The van der Waals surface area contributed by atoms with Crippen LogP contribution in [0.25, 0.3) is 0 Å². The van der Waals surface area contributed by atoms with E-state index < -0.39 is 0 Å². The van der Waals surface area contributed by atoms with Crippen molar-refractivity contribution in [2.24, 2.45) is 4.99 Å². The van der Waals surface area contributed by atoms with Gasteiger partial charge in [0, 0.05) is 11.9 Å². The van der Waals surface area contributed by atoms with Crippen molar-refractivity contribution in [2.45, 2.75) is 41.5 Å². The average Bonchev–Trinajstić information content (AvgIpc) is 2.12. The molecule has 0 N–H and O–H groups in total. The van der Waals surface area contributed by atoms with E-state index >= 15 is 0 Å². The first kappa shape index (κ1) is 17.3. The van der Waals surface area contributed by atoms with Gasteiger partial charge in [0.25, 0.3) is 0 Å². The Hall–Kier alpha value is -0.850. The maximum absolute atomic E-state index is 3.91. The minimum absolute atomic E-state index is 0.836. The van der Waals surface area contributed by atoms with Crippen molar-refractivity contribution >= 4 is 6.21 Å². The van der Waals surface area contributed by atoms with E-state index in [0.717, 1.165) is 5.70 Å². The van der Waals surface area contributed by atoms with Gasteiger partial charge in [0.05, 0.1) is 0 Å². The zero-order valence-corrected chi connectivity index (χ0v) is 9.39. The van der Waals surface area contributed by atoms with Crippen LogP contribution in [0, 0.1) is 0 Å². The van der Waals surface area contributed by atoms with Crippen LogP contribution in [0.2, 0.25) is 0 Å². The summed E-state index contributed by atoms with van der Waals surface area (Å²) in [5.74, 6) is 0. The number of rotatable bonds is 2. The van der Waals surface area contributed by atoms with Crippen LogP contribution >= 0.6 is 0 Å². The van der Waals surface area contributed by atoms with E-state index in [9.17, 15) is 0 Å². The second-order valence-electron chi connectivity index (χ2n) is 1.54. The smallest absolute Gasteiger partial charge is 0.0300 e. The SMILES string of the molecule is C=C(C)N=C/C=C\C.CC.CC. The maximum Gasteiger partial charge on any atom is 0.0300 e. The number of aliphatic imine (C=N–C) groups is 1. The van der Waals surface area contributed by atoms with Crippen LogP contribution < -0.4 is 0 Å². The summed E-state index contributed by atoms with van der Waals surface area (Å²) in [6.07, 6.45) is 5.52. The Morgan fingerprint density at radius 3 is 1.83 bits per heavy atom. The minimum atomic E-state index is 0.836. The van der Waals surface area contributed by atoms with E-state index in [1.54, 1.807) is 6.21 Å². The van der Waals surface area contributed by atoms with E-state index in [2.05, 4.69) is 11.6 Å². The molecule has 0 rings (SSSR count). The van der Waals surface area contributed by atoms with Gasteiger partial charge in [-0.15, -0.1) is 0 Å². The van der Waals surface area contributed by atoms with Crippen molar-refractivity contribution < 1.29 is 0 Å². The molecule has 0 saturated carbocycles. The Bertz CT molecular complexity index is 121. The first-order valence-electron chi connectivity index (χ1n) is 4.58. The molecule has 0 aliphatic rings. The van der Waals surface area contributed by atoms with Crippen molar-refractivity contribution in [3.8, 4) is 0 Å². The molecule has 0 heterocycles. The fourth-order valence-corrected chi connectivity index (χ4v) is 0.256. The monoisotopic (exact) mass is 169 g/mol. The minimum Gasteiger partial charge on any atom is -0.262 e. The van der Waals surface area contributed by atoms with Gasteiger partial charge < -0.3 is 0 Å². The second kappa shape index (κ2) is 22.5. The molecule has 0 fully saturated rings. The molecule has 1 nitrogen and oxygen atoms in total. The van der Waals surface area contributed by atoms with Crippen molar-refractivity contribution in [3.05, 3.63) is 24.4 Å². The highest BCUT2D eigenvalue weighted by molar-refractivity contribution is 5.71. The zero-order valence-electron chi connectivity index (χ0n) is 9.39. The highest BCUT2D eigenvalue weighted by Crippen LogP contribution is 1.84. The van der Waals surface area contributed by atoms with Crippen LogP contribution in [0.5, 0.6) is 0 Å². The van der Waals surface area contributed by atoms with Crippen molar-refractivity contribution in [3.63, 3.8) is 0 Å². The Morgan fingerprint density at radius 1 is 1.17 bits per heavy atom. The third kappa shape index (κ3) is 35.3. The second-order valence-corrected chi connectivity index (χ2v) is 1.54. The summed E-state index contributed by atoms with van der Waals surface area (Å²) in [7, 11) is 0. The summed E-state index contributed by atoms with van der Waals surface area (Å²) >= 11 is 0. The molecule has 0 unspecified atom stereocenters. The molecule has 0 spiro atoms. The summed E-state index contributed by atoms with van der Waals surface area (Å²) in [6.45, 7) is 15.4. The van der Waals surface area contributed by atoms with Crippen LogP contribution in [-0.2, 0) is 0 Å². The van der Waals surface area contributed by atoms with Crippen molar-refractivity contribution in [2.75, 3.05) is 0 Å². The van der Waals surface area contributed by atoms with Crippen LogP contribution in [0.15, 0.2) is 29.4 Å². The predicted molar refractivity (Wildman–Crippen MR) is 60.8 cm³/mol. The van der Waals surface area contributed by atoms with Gasteiger partial charge in [0.15, 0.2) is 0 Å². The van der Waals surface area contributed by atoms with Gasteiger partial charge in [-0.1, -0.05) is 40.3 Å². The average molecular weight is 169 g/mol. The first-order valence-corrected chi connectivity index (χ1v) is 4.58. The predicted octanol–water partition coefficient (Wildman–Crippen LogP) is 4.22. The topological polar surface area (TPSA) is 12.4 Å². The van der Waals surface area contributed by atoms with Gasteiger partial charge in [-0.3, -0.25) is 4.99 Å². The maximum atomic E-state index is 3.91. The van der Waals surface area contributed by atoms with Crippen molar-refractivity contribution in [1.82, 2.24) is 0 Å². The number of nitrogens with zero attached hydrogens (tertiary/aromatic N) is 1. The Kier molecular flexibility index (Phi) is 32.4. The lowest BCUT2D eigenvalue weighted by Gasteiger charge is -1.79. The van der Waals surface area contributed by atoms with Gasteiger partial charge in [0.1, 0.15) is 0 Å². The van der Waals surface area contributed by atoms with Crippen LogP contribution in [-0.4, -0.2) is 6.21 Å². The van der Waals surface area contributed by atoms with E-state index in [4.69, 9.17) is 0 Å². The lowest BCUT2D eigenvalue weighted by molar-refractivity contribution is 1.34. The summed E-state index contributed by atoms with van der Waals surface area (Å²) < 4.78 is 0. The number of allylic oxidation sites excluding steroid dienone is 3. The molecular weight excluding hydrogens is 146 g/mol. The van der Waals surface area contributed by atoms with E-state index in [0.29, 0.717) is 0 Å². The van der Waals surface area contributed by atoms with Gasteiger partial charge in [0.2, 0.25) is 0 Å². The van der Waals surface area contributed by atoms with Gasteiger partial charge >= 0.3 is 0 Å². The third-order valence-electron chi connectivity index (χ3n) is 0.573. The van der Waals surface area contributed by atoms with Crippen LogP contribution in [0.1, 0.15) is 41.5 Å². The van der Waals surface area contributed by atoms with Gasteiger partial charge in [-0.2, -0.15) is 0 Å². The fraction of sp³-hybridized carbons (Fsp3) is 0.545. The summed E-state index contributed by atoms with van der Waals surface area (Å²) in [6, 6.07) is 0. The van der Waals surface area contributed by atoms with E-state index in [1.165, 1.54) is 0 Å². The lowest BCUT2D eigenvalue weighted by Crippen LogP contribution is -1.64. The molecular formula is C11H23N. The molecule has 0 aliphatic carbocycles. The lowest BCUT2D eigenvalue weighted by atomic mass is 10.5. The summed E-state index contributed by atoms with van der Waals surface area (Å²) in [4.78, 5) is 3.91. The molecule has 0 amide bonds. The van der Waals surface area contributed by atoms with Crippen molar-refractivity contribution in [1.29, 1.82) is 0 Å². The standard InChI is InChI=1S/C7H11N.2C2H6/c1-4-5-6-8-7(2)3;2*1-2/h4-6H,2H2,1,3H3;2*1-2H3/b5-4-,8-6?;;. The molecule has 12 heavy (non-hydrogen) atoms. The molecule has 0 atom stereocenters. The molecule has 72 valence electrons. The summed E-state index contributed by atoms with van der Waals surface area (Å²) in [5.41, 5.74) is 0.836. The number of hydrogen-bond acceptors (Lipinski definition) is 1. The Balaban J connectivity index is -0.000000175. The zero-order chi connectivity index (χ0) is 10.4. The normalized spacial score (nSPS) is 8.50. The molecule has 0 saturated heterocycles. The molecule has 0 aromatic heterocycles. The Labute approximate surface area is 77.9 Å². The van der Waals surface area contributed by atoms with E-state index in [-0.39, 0.29) is 0 Å². The Morgan fingerprint density at radius 2 is 1.58 bits per heavy atom. The highest BCUT2D eigenvalue weighted by Gasteiger charge is 1.66. The third-order valence-corrected chi connectivity index (χ3v) is 0.573. The van der Waals surface area contributed by atoms with Crippen LogP contribution in [0.4, 0.5) is 0 Å².